The Hall–Kier alpha value is -2.40. The Labute approximate surface area is 182 Å². The van der Waals surface area contributed by atoms with Crippen molar-refractivity contribution in [3.05, 3.63) is 58.2 Å². The van der Waals surface area contributed by atoms with Gasteiger partial charge in [0.25, 0.3) is 0 Å². The predicted molar refractivity (Wildman–Crippen MR) is 115 cm³/mol. The van der Waals surface area contributed by atoms with Crippen LogP contribution in [0.3, 0.4) is 0 Å². The van der Waals surface area contributed by atoms with Crippen LogP contribution < -0.4 is 0 Å². The first kappa shape index (κ1) is 23.9. The molecule has 0 spiro atoms. The fourth-order valence-electron chi connectivity index (χ4n) is 2.50. The Balaban J connectivity index is 1.91. The lowest BCUT2D eigenvalue weighted by molar-refractivity contribution is -0.109. The Morgan fingerprint density at radius 1 is 0.833 bits per heavy atom. The number of aryl methyl sites for hydroxylation is 2. The summed E-state index contributed by atoms with van der Waals surface area (Å²) in [4.78, 5) is 32.1. The lowest BCUT2D eigenvalue weighted by Crippen LogP contribution is -2.00. The fraction of sp³-hybridized carbons (Fsp3) is 0.300. The maximum absolute atomic E-state index is 12.0. The Kier molecular flexibility index (Phi) is 8.85. The summed E-state index contributed by atoms with van der Waals surface area (Å²) in [6, 6.07) is 0. The molecule has 0 aromatic carbocycles. The molecule has 0 unspecified atom stereocenters. The van der Waals surface area contributed by atoms with Gasteiger partial charge in [0.05, 0.1) is 24.6 Å². The number of aliphatic hydroxyl groups is 2. The zero-order chi connectivity index (χ0) is 22.3. The summed E-state index contributed by atoms with van der Waals surface area (Å²) in [7, 11) is 0. The van der Waals surface area contributed by atoms with E-state index in [0.29, 0.717) is 33.6 Å². The highest BCUT2D eigenvalue weighted by Crippen LogP contribution is 2.28. The van der Waals surface area contributed by atoms with Crippen LogP contribution in [0.2, 0.25) is 0 Å². The Morgan fingerprint density at radius 2 is 1.20 bits per heavy atom. The topological polar surface area (TPSA) is 141 Å². The molecule has 8 nitrogen and oxygen atoms in total. The molecule has 0 atom stereocenters. The van der Waals surface area contributed by atoms with Crippen molar-refractivity contribution in [1.82, 2.24) is 9.97 Å². The SMILES string of the molecule is Cc1ncc(CSC(=O)C=CC(=O)SCc2cnc(C)c(O)c2CO)c(CO)c1O. The van der Waals surface area contributed by atoms with Gasteiger partial charge in [-0.3, -0.25) is 19.6 Å². The van der Waals surface area contributed by atoms with Gasteiger partial charge in [0.15, 0.2) is 0 Å². The van der Waals surface area contributed by atoms with Crippen molar-refractivity contribution in [1.29, 1.82) is 0 Å². The van der Waals surface area contributed by atoms with E-state index in [2.05, 4.69) is 9.97 Å². The van der Waals surface area contributed by atoms with Crippen molar-refractivity contribution in [2.45, 2.75) is 38.6 Å². The molecular formula is C20H22N2O6S2. The quantitative estimate of drug-likeness (QED) is 0.443. The van der Waals surface area contributed by atoms with E-state index in [1.54, 1.807) is 13.8 Å². The maximum atomic E-state index is 12.0. The number of hydrogen-bond acceptors (Lipinski definition) is 10. The van der Waals surface area contributed by atoms with Gasteiger partial charge in [-0.1, -0.05) is 23.5 Å². The van der Waals surface area contributed by atoms with E-state index in [1.165, 1.54) is 12.4 Å². The smallest absolute Gasteiger partial charge is 0.212 e. The van der Waals surface area contributed by atoms with E-state index in [9.17, 15) is 30.0 Å². The van der Waals surface area contributed by atoms with Gasteiger partial charge in [0.1, 0.15) is 11.5 Å². The normalized spacial score (nSPS) is 11.2. The number of rotatable bonds is 8. The molecule has 0 bridgehead atoms. The third-order valence-electron chi connectivity index (χ3n) is 4.27. The number of nitrogens with zero attached hydrogens (tertiary/aromatic N) is 2. The molecule has 0 aliphatic rings. The molecule has 2 aromatic heterocycles. The molecule has 0 amide bonds. The number of hydrogen-bond donors (Lipinski definition) is 4. The summed E-state index contributed by atoms with van der Waals surface area (Å²) in [6.45, 7) is 2.48. The van der Waals surface area contributed by atoms with Crippen molar-refractivity contribution in [3.8, 4) is 11.5 Å². The van der Waals surface area contributed by atoms with Gasteiger partial charge in [-0.15, -0.1) is 0 Å². The first-order chi connectivity index (χ1) is 14.3. The van der Waals surface area contributed by atoms with Gasteiger partial charge in [0.2, 0.25) is 10.2 Å². The molecule has 0 saturated heterocycles. The summed E-state index contributed by atoms with van der Waals surface area (Å²) in [5, 5.41) is 37.9. The van der Waals surface area contributed by atoms with Crippen molar-refractivity contribution in [3.63, 3.8) is 0 Å². The van der Waals surface area contributed by atoms with Gasteiger partial charge < -0.3 is 20.4 Å². The number of aliphatic hydroxyl groups excluding tert-OH is 2. The molecule has 30 heavy (non-hydrogen) atoms. The van der Waals surface area contributed by atoms with Gasteiger partial charge >= 0.3 is 0 Å². The minimum Gasteiger partial charge on any atom is -0.506 e. The summed E-state index contributed by atoms with van der Waals surface area (Å²) in [5.74, 6) is 0.193. The van der Waals surface area contributed by atoms with E-state index < -0.39 is 0 Å². The lowest BCUT2D eigenvalue weighted by atomic mass is 10.1. The molecule has 10 heteroatoms. The van der Waals surface area contributed by atoms with Gasteiger partial charge in [-0.2, -0.15) is 0 Å². The van der Waals surface area contributed by atoms with Crippen LogP contribution in [0.5, 0.6) is 11.5 Å². The number of thioether (sulfide) groups is 2. The molecule has 2 aromatic rings. The summed E-state index contributed by atoms with van der Waals surface area (Å²) in [5.41, 5.74) is 2.51. The first-order valence-electron chi connectivity index (χ1n) is 8.84. The van der Waals surface area contributed by atoms with Crippen LogP contribution in [0.25, 0.3) is 0 Å². The van der Waals surface area contributed by atoms with E-state index >= 15 is 0 Å². The lowest BCUT2D eigenvalue weighted by Gasteiger charge is -2.10. The monoisotopic (exact) mass is 450 g/mol. The predicted octanol–water partition coefficient (Wildman–Crippen LogP) is 2.27. The average molecular weight is 451 g/mol. The zero-order valence-corrected chi connectivity index (χ0v) is 18.1. The van der Waals surface area contributed by atoms with Crippen LogP contribution >= 0.6 is 23.5 Å². The standard InChI is InChI=1S/C20H22N2O6S2/c1-11-19(27)15(7-23)13(5-21-11)9-29-17(25)3-4-18(26)30-10-14-6-22-12(2)20(28)16(14)8-24/h3-6,23-24,27-28H,7-10H2,1-2H3. The Bertz CT molecular complexity index is 901. The molecule has 0 aliphatic heterocycles. The molecular weight excluding hydrogens is 428 g/mol. The van der Waals surface area contributed by atoms with Crippen LogP contribution in [0.1, 0.15) is 33.6 Å². The second kappa shape index (κ2) is 11.1. The molecule has 2 heterocycles. The van der Waals surface area contributed by atoms with Crippen molar-refractivity contribution in [2.75, 3.05) is 0 Å². The van der Waals surface area contributed by atoms with Crippen LogP contribution in [0.15, 0.2) is 24.5 Å². The van der Waals surface area contributed by atoms with Crippen LogP contribution in [-0.2, 0) is 34.3 Å². The highest BCUT2D eigenvalue weighted by molar-refractivity contribution is 8.14. The highest BCUT2D eigenvalue weighted by atomic mass is 32.2. The number of carbonyl (C=O) groups excluding carboxylic acids is 2. The minimum absolute atomic E-state index is 0.0935. The molecule has 2 rings (SSSR count). The van der Waals surface area contributed by atoms with E-state index in [-0.39, 0.29) is 46.4 Å². The van der Waals surface area contributed by atoms with Gasteiger partial charge in [-0.25, -0.2) is 0 Å². The average Bonchev–Trinajstić information content (AvgIpc) is 2.73. The van der Waals surface area contributed by atoms with Crippen molar-refractivity contribution < 1.29 is 30.0 Å². The van der Waals surface area contributed by atoms with Crippen LogP contribution in [0, 0.1) is 13.8 Å². The summed E-state index contributed by atoms with van der Waals surface area (Å²) in [6.07, 6.45) is 5.29. The summed E-state index contributed by atoms with van der Waals surface area (Å²) >= 11 is 1.83. The Morgan fingerprint density at radius 3 is 1.53 bits per heavy atom. The number of pyridine rings is 2. The first-order valence-corrected chi connectivity index (χ1v) is 10.8. The van der Waals surface area contributed by atoms with Gasteiger partial charge in [-0.05, 0) is 37.1 Å². The van der Waals surface area contributed by atoms with Crippen LogP contribution in [0.4, 0.5) is 0 Å². The number of aromatic nitrogens is 2. The maximum Gasteiger partial charge on any atom is 0.212 e. The highest BCUT2D eigenvalue weighted by Gasteiger charge is 2.14. The molecule has 160 valence electrons. The summed E-state index contributed by atoms with van der Waals surface area (Å²) < 4.78 is 0. The zero-order valence-electron chi connectivity index (χ0n) is 16.5. The number of carbonyl (C=O) groups is 2. The third-order valence-corrected chi connectivity index (χ3v) is 6.02. The molecule has 0 fully saturated rings. The largest absolute Gasteiger partial charge is 0.506 e. The van der Waals surface area contributed by atoms with E-state index in [0.717, 1.165) is 35.7 Å². The second-order valence-electron chi connectivity index (χ2n) is 6.26. The van der Waals surface area contributed by atoms with E-state index in [1.807, 2.05) is 0 Å². The fourth-order valence-corrected chi connectivity index (χ4v) is 3.92. The van der Waals surface area contributed by atoms with Crippen LogP contribution in [-0.4, -0.2) is 40.6 Å². The van der Waals surface area contributed by atoms with Crippen molar-refractivity contribution in [2.24, 2.45) is 0 Å². The second-order valence-corrected chi connectivity index (χ2v) is 8.22. The molecule has 4 N–H and O–H groups in total. The van der Waals surface area contributed by atoms with Gasteiger partial charge in [0, 0.05) is 35.0 Å². The molecule has 0 aliphatic carbocycles. The van der Waals surface area contributed by atoms with E-state index in [4.69, 9.17) is 0 Å². The molecule has 0 saturated carbocycles. The number of aromatic hydroxyl groups is 2. The third kappa shape index (κ3) is 6.05. The van der Waals surface area contributed by atoms with Crippen molar-refractivity contribution >= 4 is 33.8 Å². The minimum atomic E-state index is -0.372. The molecule has 0 radical (unpaired) electrons.